The lowest BCUT2D eigenvalue weighted by Gasteiger charge is -2.20. The van der Waals surface area contributed by atoms with Gasteiger partial charge in [-0.1, -0.05) is 91.0 Å². The predicted molar refractivity (Wildman–Crippen MR) is 128 cm³/mol. The lowest BCUT2D eigenvalue weighted by molar-refractivity contribution is 0.739. The highest BCUT2D eigenvalue weighted by atomic mass is 14.7. The number of nitrogens with one attached hydrogen (secondary N) is 1. The minimum Gasteiger partial charge on any atom is -0.355 e. The van der Waals surface area contributed by atoms with Crippen molar-refractivity contribution in [3.05, 3.63) is 114 Å². The van der Waals surface area contributed by atoms with Crippen LogP contribution in [-0.2, 0) is 0 Å². The van der Waals surface area contributed by atoms with Gasteiger partial charge in [0.05, 0.1) is 0 Å². The Labute approximate surface area is 176 Å². The van der Waals surface area contributed by atoms with Crippen molar-refractivity contribution in [1.29, 1.82) is 0 Å². The van der Waals surface area contributed by atoms with Crippen molar-refractivity contribution in [2.24, 2.45) is 0 Å². The van der Waals surface area contributed by atoms with Crippen LogP contribution in [0.3, 0.4) is 0 Å². The summed E-state index contributed by atoms with van der Waals surface area (Å²) in [5, 5.41) is 2.71. The average Bonchev–Trinajstić information content (AvgIpc) is 3.05. The van der Waals surface area contributed by atoms with Crippen molar-refractivity contribution >= 4 is 27.9 Å². The number of hydrogen-bond acceptors (Lipinski definition) is 0. The summed E-state index contributed by atoms with van der Waals surface area (Å²) in [5.41, 5.74) is 9.21. The molecule has 1 heteroatoms. The summed E-state index contributed by atoms with van der Waals surface area (Å²) in [6.07, 6.45) is 6.88. The number of aromatic nitrogens is 1. The van der Waals surface area contributed by atoms with Crippen molar-refractivity contribution in [3.63, 3.8) is 0 Å². The molecule has 144 valence electrons. The van der Waals surface area contributed by atoms with Crippen LogP contribution in [0.1, 0.15) is 35.4 Å². The molecule has 0 radical (unpaired) electrons. The first-order valence-electron chi connectivity index (χ1n) is 10.7. The molecule has 0 fully saturated rings. The number of aromatic amines is 1. The molecule has 0 bridgehead atoms. The van der Waals surface area contributed by atoms with Gasteiger partial charge in [-0.15, -0.1) is 0 Å². The highest BCUT2D eigenvalue weighted by Gasteiger charge is 2.23. The van der Waals surface area contributed by atoms with E-state index in [1.165, 1.54) is 49.6 Å². The Kier molecular flexibility index (Phi) is 4.06. The number of fused-ring (bicyclic) bond motifs is 5. The highest BCUT2D eigenvalue weighted by molar-refractivity contribution is 6.10. The standard InChI is InChI=1S/C29H23N/c1-2-8-20(9-3-1)21-14-16-22(17-15-21)24-11-5-4-10-23-18-19-27-29(28(23)24)25-12-6-7-13-26(25)30-27/h1-4,6-10,12-19,24,30H,5,11H2. The van der Waals surface area contributed by atoms with E-state index >= 15 is 0 Å². The molecule has 1 N–H and O–H groups in total. The Morgan fingerprint density at radius 1 is 0.667 bits per heavy atom. The molecule has 1 nitrogen and oxygen atoms in total. The molecule has 1 aromatic heterocycles. The van der Waals surface area contributed by atoms with Crippen molar-refractivity contribution in [2.45, 2.75) is 18.8 Å². The third-order valence-corrected chi connectivity index (χ3v) is 6.43. The van der Waals surface area contributed by atoms with Crippen molar-refractivity contribution in [1.82, 2.24) is 4.98 Å². The maximum atomic E-state index is 3.63. The minimum atomic E-state index is 0.391. The van der Waals surface area contributed by atoms with Crippen LogP contribution < -0.4 is 0 Å². The second-order valence-electron chi connectivity index (χ2n) is 8.18. The fourth-order valence-electron chi connectivity index (χ4n) is 5.00. The van der Waals surface area contributed by atoms with Gasteiger partial charge in [-0.2, -0.15) is 0 Å². The summed E-state index contributed by atoms with van der Waals surface area (Å²) in [5.74, 6) is 0.391. The smallest absolute Gasteiger partial charge is 0.0468 e. The van der Waals surface area contributed by atoms with Crippen molar-refractivity contribution < 1.29 is 0 Å². The average molecular weight is 386 g/mol. The summed E-state index contributed by atoms with van der Waals surface area (Å²) in [6.45, 7) is 0. The van der Waals surface area contributed by atoms with Crippen LogP contribution in [0.25, 0.3) is 39.0 Å². The van der Waals surface area contributed by atoms with Gasteiger partial charge in [-0.3, -0.25) is 0 Å². The van der Waals surface area contributed by atoms with E-state index in [1.54, 1.807) is 0 Å². The zero-order valence-electron chi connectivity index (χ0n) is 16.8. The lowest BCUT2D eigenvalue weighted by Crippen LogP contribution is -2.03. The number of para-hydroxylation sites is 1. The Morgan fingerprint density at radius 2 is 1.43 bits per heavy atom. The first kappa shape index (κ1) is 17.3. The first-order chi connectivity index (χ1) is 14.9. The van der Waals surface area contributed by atoms with Gasteiger partial charge >= 0.3 is 0 Å². The number of hydrogen-bond donors (Lipinski definition) is 1. The normalized spacial score (nSPS) is 15.9. The molecule has 1 atom stereocenters. The minimum absolute atomic E-state index is 0.391. The molecular weight excluding hydrogens is 362 g/mol. The SMILES string of the molecule is C1=Cc2ccc3[nH]c4ccccc4c3c2C(c2ccc(-c3ccccc3)cc2)CC1. The maximum absolute atomic E-state index is 3.63. The van der Waals surface area contributed by atoms with Gasteiger partial charge in [0.25, 0.3) is 0 Å². The van der Waals surface area contributed by atoms with E-state index in [-0.39, 0.29) is 0 Å². The van der Waals surface area contributed by atoms with Crippen LogP contribution in [0, 0.1) is 0 Å². The van der Waals surface area contributed by atoms with Gasteiger partial charge in [0.15, 0.2) is 0 Å². The molecule has 1 heterocycles. The summed E-state index contributed by atoms with van der Waals surface area (Å²) in [7, 11) is 0. The molecule has 1 unspecified atom stereocenters. The molecule has 4 aromatic carbocycles. The van der Waals surface area contributed by atoms with Crippen LogP contribution in [0.5, 0.6) is 0 Å². The van der Waals surface area contributed by atoms with Crippen LogP contribution in [0.4, 0.5) is 0 Å². The van der Waals surface area contributed by atoms with Gasteiger partial charge in [0.2, 0.25) is 0 Å². The van der Waals surface area contributed by atoms with E-state index in [0.717, 1.165) is 12.8 Å². The highest BCUT2D eigenvalue weighted by Crippen LogP contribution is 2.42. The van der Waals surface area contributed by atoms with E-state index in [9.17, 15) is 0 Å². The van der Waals surface area contributed by atoms with E-state index in [0.29, 0.717) is 5.92 Å². The van der Waals surface area contributed by atoms with Crippen LogP contribution in [0.15, 0.2) is 97.1 Å². The van der Waals surface area contributed by atoms with E-state index in [1.807, 2.05) is 0 Å². The first-order valence-corrected chi connectivity index (χ1v) is 10.7. The van der Waals surface area contributed by atoms with Gasteiger partial charge in [-0.05, 0) is 52.8 Å². The van der Waals surface area contributed by atoms with Crippen LogP contribution in [0.2, 0.25) is 0 Å². The van der Waals surface area contributed by atoms with E-state index in [2.05, 4.69) is 108 Å². The largest absolute Gasteiger partial charge is 0.355 e. The summed E-state index contributed by atoms with van der Waals surface area (Å²) in [6, 6.07) is 33.0. The maximum Gasteiger partial charge on any atom is 0.0468 e. The number of rotatable bonds is 2. The quantitative estimate of drug-likeness (QED) is 0.317. The summed E-state index contributed by atoms with van der Waals surface area (Å²) < 4.78 is 0. The fraction of sp³-hybridized carbons (Fsp3) is 0.103. The lowest BCUT2D eigenvalue weighted by atomic mass is 9.83. The van der Waals surface area contributed by atoms with Gasteiger partial charge in [-0.25, -0.2) is 0 Å². The number of benzene rings is 4. The molecule has 0 amide bonds. The summed E-state index contributed by atoms with van der Waals surface area (Å²) in [4.78, 5) is 3.63. The molecule has 1 aliphatic rings. The number of H-pyrrole nitrogens is 1. The van der Waals surface area contributed by atoms with Gasteiger partial charge in [0, 0.05) is 27.7 Å². The molecule has 5 aromatic rings. The van der Waals surface area contributed by atoms with Gasteiger partial charge in [0.1, 0.15) is 0 Å². The van der Waals surface area contributed by atoms with Gasteiger partial charge < -0.3 is 4.98 Å². The van der Waals surface area contributed by atoms with E-state index in [4.69, 9.17) is 0 Å². The second-order valence-corrected chi connectivity index (χ2v) is 8.18. The molecular formula is C29H23N. The molecule has 0 aliphatic heterocycles. The number of allylic oxidation sites excluding steroid dienone is 1. The van der Waals surface area contributed by atoms with E-state index < -0.39 is 0 Å². The zero-order chi connectivity index (χ0) is 19.9. The third kappa shape index (κ3) is 2.78. The molecule has 1 aliphatic carbocycles. The van der Waals surface area contributed by atoms with Crippen molar-refractivity contribution in [2.75, 3.05) is 0 Å². The molecule has 0 spiro atoms. The molecule has 6 rings (SSSR count). The van der Waals surface area contributed by atoms with Crippen molar-refractivity contribution in [3.8, 4) is 11.1 Å². The topological polar surface area (TPSA) is 15.8 Å². The Balaban J connectivity index is 1.53. The zero-order valence-corrected chi connectivity index (χ0v) is 16.8. The monoisotopic (exact) mass is 385 g/mol. The Hall–Kier alpha value is -3.58. The molecule has 0 saturated carbocycles. The van der Waals surface area contributed by atoms with Crippen LogP contribution >= 0.6 is 0 Å². The molecule has 30 heavy (non-hydrogen) atoms. The third-order valence-electron chi connectivity index (χ3n) is 6.43. The Bertz CT molecular complexity index is 1370. The summed E-state index contributed by atoms with van der Waals surface area (Å²) >= 11 is 0. The fourth-order valence-corrected chi connectivity index (χ4v) is 5.00. The molecule has 0 saturated heterocycles. The Morgan fingerprint density at radius 3 is 2.30 bits per heavy atom. The second kappa shape index (κ2) is 7.03. The predicted octanol–water partition coefficient (Wildman–Crippen LogP) is 7.93. The van der Waals surface area contributed by atoms with Crippen LogP contribution in [-0.4, -0.2) is 4.98 Å².